The summed E-state index contributed by atoms with van der Waals surface area (Å²) < 4.78 is 40.6. The maximum atomic E-state index is 12.7. The summed E-state index contributed by atoms with van der Waals surface area (Å²) >= 11 is 0. The van der Waals surface area contributed by atoms with E-state index in [0.717, 1.165) is 18.5 Å². The Labute approximate surface area is 172 Å². The van der Waals surface area contributed by atoms with Gasteiger partial charge in [0.15, 0.2) is 11.5 Å². The first-order valence-corrected chi connectivity index (χ1v) is 9.88. The van der Waals surface area contributed by atoms with Gasteiger partial charge in [0.05, 0.1) is 31.3 Å². The second-order valence-electron chi connectivity index (χ2n) is 7.54. The molecule has 2 heterocycles. The molecule has 2 aliphatic rings. The summed E-state index contributed by atoms with van der Waals surface area (Å²) in [7, 11) is 1.36. The lowest BCUT2D eigenvalue weighted by molar-refractivity contribution is -0.142. The van der Waals surface area contributed by atoms with E-state index in [1.807, 2.05) is 0 Å². The predicted octanol–water partition coefficient (Wildman–Crippen LogP) is 3.15. The van der Waals surface area contributed by atoms with Gasteiger partial charge in [0, 0.05) is 24.2 Å². The molecule has 30 heavy (non-hydrogen) atoms. The number of alkyl halides is 2. The molecule has 7 nitrogen and oxygen atoms in total. The van der Waals surface area contributed by atoms with Crippen LogP contribution in [0.2, 0.25) is 0 Å². The first kappa shape index (κ1) is 20.5. The molecular weight excluding hydrogens is 396 g/mol. The molecule has 9 heteroatoms. The number of methoxy groups -OCH3 is 1. The number of aromatic nitrogens is 2. The van der Waals surface area contributed by atoms with Crippen LogP contribution in [0, 0.1) is 5.92 Å². The summed E-state index contributed by atoms with van der Waals surface area (Å²) in [6.07, 6.45) is 6.02. The zero-order chi connectivity index (χ0) is 21.1. The fourth-order valence-electron chi connectivity index (χ4n) is 3.47. The molecule has 2 fully saturated rings. The molecule has 160 valence electrons. The van der Waals surface area contributed by atoms with Crippen molar-refractivity contribution < 1.29 is 27.8 Å². The summed E-state index contributed by atoms with van der Waals surface area (Å²) in [5.41, 5.74) is 2.03. The number of hydrogen-bond donors (Lipinski definition) is 1. The van der Waals surface area contributed by atoms with Gasteiger partial charge >= 0.3 is 12.6 Å². The van der Waals surface area contributed by atoms with Gasteiger partial charge in [0.2, 0.25) is 0 Å². The SMILES string of the molecule is COC(=O)[C@H]1C[C@@H](c2cncc(-c3ccc(OC(F)F)c(OCC4CC4)c3)n2)CN1. The summed E-state index contributed by atoms with van der Waals surface area (Å²) in [5.74, 6) is 0.454. The number of halogens is 2. The Balaban J connectivity index is 1.55. The highest BCUT2D eigenvalue weighted by atomic mass is 19.3. The normalized spacial score (nSPS) is 20.9. The minimum Gasteiger partial charge on any atom is -0.489 e. The van der Waals surface area contributed by atoms with Crippen LogP contribution in [0.4, 0.5) is 8.78 Å². The van der Waals surface area contributed by atoms with Crippen LogP contribution in [-0.2, 0) is 9.53 Å². The lowest BCUT2D eigenvalue weighted by atomic mass is 10.0. The van der Waals surface area contributed by atoms with E-state index in [1.165, 1.54) is 13.2 Å². The van der Waals surface area contributed by atoms with Crippen molar-refractivity contribution in [2.45, 2.75) is 37.8 Å². The molecular formula is C21H23F2N3O4. The molecule has 1 saturated heterocycles. The van der Waals surface area contributed by atoms with Gasteiger partial charge in [-0.25, -0.2) is 4.98 Å². The molecule has 0 amide bonds. The standard InChI is InChI=1S/C21H23F2N3O4/c1-28-20(27)15-6-14(8-25-15)17-10-24-9-16(26-17)13-4-5-18(30-21(22)23)19(7-13)29-11-12-2-3-12/h4-5,7,9-10,12,14-15,21,25H,2-3,6,8,11H2,1H3/t14-,15-/m1/s1. The lowest BCUT2D eigenvalue weighted by Crippen LogP contribution is -2.31. The van der Waals surface area contributed by atoms with Crippen LogP contribution in [-0.4, -0.2) is 48.9 Å². The molecule has 2 aromatic rings. The van der Waals surface area contributed by atoms with Gasteiger partial charge in [-0.15, -0.1) is 0 Å². The van der Waals surface area contributed by atoms with E-state index in [0.29, 0.717) is 36.7 Å². The number of benzene rings is 1. The van der Waals surface area contributed by atoms with Crippen molar-refractivity contribution in [2.75, 3.05) is 20.3 Å². The van der Waals surface area contributed by atoms with E-state index in [-0.39, 0.29) is 29.4 Å². The lowest BCUT2D eigenvalue weighted by Gasteiger charge is -2.14. The highest BCUT2D eigenvalue weighted by Crippen LogP contribution is 2.36. The maximum Gasteiger partial charge on any atom is 0.387 e. The highest BCUT2D eigenvalue weighted by Gasteiger charge is 2.32. The number of esters is 1. The molecule has 1 aliphatic heterocycles. The highest BCUT2D eigenvalue weighted by molar-refractivity contribution is 5.76. The average molecular weight is 419 g/mol. The van der Waals surface area contributed by atoms with E-state index >= 15 is 0 Å². The van der Waals surface area contributed by atoms with Gasteiger partial charge in [0.25, 0.3) is 0 Å². The number of nitrogens with zero attached hydrogens (tertiary/aromatic N) is 2. The van der Waals surface area contributed by atoms with E-state index in [1.54, 1.807) is 24.5 Å². The molecule has 1 N–H and O–H groups in total. The van der Waals surface area contributed by atoms with E-state index in [9.17, 15) is 13.6 Å². The number of carbonyl (C=O) groups is 1. The summed E-state index contributed by atoms with van der Waals surface area (Å²) in [6, 6.07) is 4.40. The second-order valence-corrected chi connectivity index (χ2v) is 7.54. The monoisotopic (exact) mass is 419 g/mol. The third-order valence-corrected chi connectivity index (χ3v) is 5.32. The van der Waals surface area contributed by atoms with Crippen LogP contribution in [0.25, 0.3) is 11.3 Å². The van der Waals surface area contributed by atoms with Gasteiger partial charge in [-0.2, -0.15) is 8.78 Å². The molecule has 0 spiro atoms. The minimum absolute atomic E-state index is 0.000531. The van der Waals surface area contributed by atoms with Crippen LogP contribution in [0.5, 0.6) is 11.5 Å². The smallest absolute Gasteiger partial charge is 0.387 e. The number of nitrogens with one attached hydrogen (secondary N) is 1. The zero-order valence-corrected chi connectivity index (χ0v) is 16.5. The van der Waals surface area contributed by atoms with Crippen molar-refractivity contribution in [3.05, 3.63) is 36.3 Å². The third-order valence-electron chi connectivity index (χ3n) is 5.32. The second kappa shape index (κ2) is 8.91. The van der Waals surface area contributed by atoms with Crippen LogP contribution < -0.4 is 14.8 Å². The molecule has 0 unspecified atom stereocenters. The van der Waals surface area contributed by atoms with E-state index < -0.39 is 6.61 Å². The van der Waals surface area contributed by atoms with Gasteiger partial charge < -0.3 is 19.5 Å². The van der Waals surface area contributed by atoms with Gasteiger partial charge in [-0.05, 0) is 43.4 Å². The molecule has 1 aliphatic carbocycles. The quantitative estimate of drug-likeness (QED) is 0.658. The van der Waals surface area contributed by atoms with Crippen LogP contribution in [0.15, 0.2) is 30.6 Å². The van der Waals surface area contributed by atoms with Crippen molar-refractivity contribution in [2.24, 2.45) is 5.92 Å². The first-order valence-electron chi connectivity index (χ1n) is 9.88. The Bertz CT molecular complexity index is 908. The summed E-state index contributed by atoms with van der Waals surface area (Å²) in [6.45, 7) is -1.87. The molecule has 0 bridgehead atoms. The largest absolute Gasteiger partial charge is 0.489 e. The van der Waals surface area contributed by atoms with Crippen LogP contribution >= 0.6 is 0 Å². The third kappa shape index (κ3) is 4.84. The summed E-state index contributed by atoms with van der Waals surface area (Å²) in [4.78, 5) is 20.7. The Morgan fingerprint density at radius 1 is 1.27 bits per heavy atom. The number of rotatable bonds is 8. The number of ether oxygens (including phenoxy) is 3. The Morgan fingerprint density at radius 3 is 2.83 bits per heavy atom. The van der Waals surface area contributed by atoms with E-state index in [2.05, 4.69) is 20.0 Å². The van der Waals surface area contributed by atoms with Crippen molar-refractivity contribution in [1.82, 2.24) is 15.3 Å². The van der Waals surface area contributed by atoms with Crippen molar-refractivity contribution in [3.8, 4) is 22.8 Å². The molecule has 4 rings (SSSR count). The number of hydrogen-bond acceptors (Lipinski definition) is 7. The summed E-state index contributed by atoms with van der Waals surface area (Å²) in [5, 5.41) is 3.13. The van der Waals surface area contributed by atoms with Crippen molar-refractivity contribution >= 4 is 5.97 Å². The fraction of sp³-hybridized carbons (Fsp3) is 0.476. The van der Waals surface area contributed by atoms with Crippen molar-refractivity contribution in [1.29, 1.82) is 0 Å². The maximum absolute atomic E-state index is 12.7. The molecule has 2 atom stereocenters. The van der Waals surface area contributed by atoms with Gasteiger partial charge in [0.1, 0.15) is 6.04 Å². The Hall–Kier alpha value is -2.81. The average Bonchev–Trinajstić information content (AvgIpc) is 3.45. The van der Waals surface area contributed by atoms with Crippen LogP contribution in [0.1, 0.15) is 30.9 Å². The first-order chi connectivity index (χ1) is 14.5. The van der Waals surface area contributed by atoms with Crippen LogP contribution in [0.3, 0.4) is 0 Å². The topological polar surface area (TPSA) is 82.6 Å². The van der Waals surface area contributed by atoms with E-state index in [4.69, 9.17) is 9.47 Å². The predicted molar refractivity (Wildman–Crippen MR) is 103 cm³/mol. The Kier molecular flexibility index (Phi) is 6.08. The van der Waals surface area contributed by atoms with Gasteiger partial charge in [-0.3, -0.25) is 9.78 Å². The fourth-order valence-corrected chi connectivity index (χ4v) is 3.47. The van der Waals surface area contributed by atoms with Crippen molar-refractivity contribution in [3.63, 3.8) is 0 Å². The minimum atomic E-state index is -2.93. The molecule has 1 saturated carbocycles. The molecule has 0 radical (unpaired) electrons. The molecule has 1 aromatic carbocycles. The number of carbonyl (C=O) groups excluding carboxylic acids is 1. The Morgan fingerprint density at radius 2 is 2.10 bits per heavy atom. The molecule has 1 aromatic heterocycles. The van der Waals surface area contributed by atoms with Gasteiger partial charge in [-0.1, -0.05) is 0 Å². The zero-order valence-electron chi connectivity index (χ0n) is 16.5.